The smallest absolute Gasteiger partial charge is 0.263 e. The summed E-state index contributed by atoms with van der Waals surface area (Å²) in [5, 5.41) is 13.3. The van der Waals surface area contributed by atoms with Crippen molar-refractivity contribution in [1.29, 1.82) is 5.26 Å². The van der Waals surface area contributed by atoms with Gasteiger partial charge in [-0.05, 0) is 48.3 Å². The molecule has 0 aliphatic heterocycles. The van der Waals surface area contributed by atoms with Crippen molar-refractivity contribution < 1.29 is 14.3 Å². The fourth-order valence-electron chi connectivity index (χ4n) is 3.99. The van der Waals surface area contributed by atoms with E-state index in [0.29, 0.717) is 33.5 Å². The number of ether oxygens (including phenoxy) is 2. The van der Waals surface area contributed by atoms with Gasteiger partial charge in [0.05, 0.1) is 19.8 Å². The van der Waals surface area contributed by atoms with Gasteiger partial charge in [0.15, 0.2) is 0 Å². The van der Waals surface area contributed by atoms with Gasteiger partial charge in [-0.3, -0.25) is 4.79 Å². The Kier molecular flexibility index (Phi) is 6.18. The molecule has 1 aliphatic rings. The molecule has 0 fully saturated rings. The first-order valence-electron chi connectivity index (χ1n) is 9.93. The predicted octanol–water partition coefficient (Wildman–Crippen LogP) is 5.43. The lowest BCUT2D eigenvalue weighted by Crippen LogP contribution is -2.28. The number of amides is 1. The average Bonchev–Trinajstić information content (AvgIpc) is 3.08. The molecule has 1 heterocycles. The van der Waals surface area contributed by atoms with Crippen LogP contribution in [0, 0.1) is 22.7 Å². The van der Waals surface area contributed by atoms with Gasteiger partial charge in [-0.25, -0.2) is 0 Å². The van der Waals surface area contributed by atoms with Gasteiger partial charge < -0.3 is 14.8 Å². The van der Waals surface area contributed by atoms with Gasteiger partial charge in [-0.1, -0.05) is 33.3 Å². The molecule has 1 amide bonds. The number of nitrogens with one attached hydrogen (secondary N) is 1. The number of fused-ring (bicyclic) bond motifs is 1. The highest BCUT2D eigenvalue weighted by Crippen LogP contribution is 2.45. The molecule has 1 aliphatic carbocycles. The molecular weight excluding hydrogens is 384 g/mol. The summed E-state index contributed by atoms with van der Waals surface area (Å²) in [6.07, 6.45) is 4.05. The van der Waals surface area contributed by atoms with Gasteiger partial charge in [-0.2, -0.15) is 5.26 Å². The van der Waals surface area contributed by atoms with Crippen molar-refractivity contribution in [2.24, 2.45) is 11.3 Å². The number of anilines is 1. The van der Waals surface area contributed by atoms with E-state index in [4.69, 9.17) is 9.47 Å². The molecule has 2 aromatic rings. The number of rotatable bonds is 6. The van der Waals surface area contributed by atoms with Crippen LogP contribution in [-0.4, -0.2) is 20.1 Å². The number of carbonyl (C=O) groups is 1. The van der Waals surface area contributed by atoms with Crippen LogP contribution in [0.15, 0.2) is 18.2 Å². The summed E-state index contributed by atoms with van der Waals surface area (Å²) >= 11 is 1.53. The molecule has 6 heteroatoms. The van der Waals surface area contributed by atoms with Gasteiger partial charge in [0, 0.05) is 4.88 Å². The summed E-state index contributed by atoms with van der Waals surface area (Å²) in [4.78, 5) is 14.3. The van der Waals surface area contributed by atoms with E-state index in [1.54, 1.807) is 18.2 Å². The second-order valence-electron chi connectivity index (χ2n) is 8.09. The monoisotopic (exact) mass is 412 g/mol. The van der Waals surface area contributed by atoms with Crippen LogP contribution >= 0.6 is 11.3 Å². The second-order valence-corrected chi connectivity index (χ2v) is 9.20. The lowest BCUT2D eigenvalue weighted by atomic mass is 9.69. The summed E-state index contributed by atoms with van der Waals surface area (Å²) in [5.41, 5.74) is 2.29. The zero-order chi connectivity index (χ0) is 21.2. The first kappa shape index (κ1) is 21.2. The number of hydrogen-bond donors (Lipinski definition) is 1. The molecule has 0 spiro atoms. The van der Waals surface area contributed by atoms with Crippen molar-refractivity contribution in [3.05, 3.63) is 39.8 Å². The number of nitrogens with zero attached hydrogens (tertiary/aromatic N) is 1. The molecular formula is C23H28N2O3S. The SMILES string of the molecule is CCC(C)(C)C1CCc2c(sc(NC(=O)c3c(OC)cccc3OC)c2C#N)C1. The van der Waals surface area contributed by atoms with Gasteiger partial charge in [0.2, 0.25) is 0 Å². The van der Waals surface area contributed by atoms with Crippen molar-refractivity contribution in [2.45, 2.75) is 46.5 Å². The standard InChI is InChI=1S/C23H28N2O3S/c1-6-23(2,3)14-10-11-15-16(13-24)22(29-19(15)12-14)25-21(26)20-17(27-4)8-7-9-18(20)28-5/h7-9,14H,6,10-12H2,1-5H3,(H,25,26). The molecule has 1 unspecified atom stereocenters. The molecule has 1 N–H and O–H groups in total. The molecule has 5 nitrogen and oxygen atoms in total. The third-order valence-electron chi connectivity index (χ3n) is 6.28. The second kappa shape index (κ2) is 8.46. The Bertz CT molecular complexity index is 934. The highest BCUT2D eigenvalue weighted by Gasteiger charge is 2.34. The molecule has 1 aromatic heterocycles. The number of hydrogen-bond acceptors (Lipinski definition) is 5. The lowest BCUT2D eigenvalue weighted by Gasteiger charge is -2.36. The number of nitriles is 1. The first-order chi connectivity index (χ1) is 13.9. The molecule has 0 bridgehead atoms. The van der Waals surface area contributed by atoms with Gasteiger partial charge in [0.1, 0.15) is 28.1 Å². The lowest BCUT2D eigenvalue weighted by molar-refractivity contribution is 0.102. The molecule has 0 saturated heterocycles. The number of carbonyl (C=O) groups excluding carboxylic acids is 1. The van der Waals surface area contributed by atoms with E-state index in [0.717, 1.165) is 31.2 Å². The van der Waals surface area contributed by atoms with Crippen molar-refractivity contribution in [2.75, 3.05) is 19.5 Å². The highest BCUT2D eigenvalue weighted by molar-refractivity contribution is 7.16. The van der Waals surface area contributed by atoms with Crippen LogP contribution in [-0.2, 0) is 12.8 Å². The molecule has 1 atom stereocenters. The third kappa shape index (κ3) is 3.97. The average molecular weight is 413 g/mol. The van der Waals surface area contributed by atoms with E-state index in [9.17, 15) is 10.1 Å². The summed E-state index contributed by atoms with van der Waals surface area (Å²) in [5.74, 6) is 1.13. The maximum absolute atomic E-state index is 13.1. The molecule has 154 valence electrons. The van der Waals surface area contributed by atoms with Crippen LogP contribution in [0.4, 0.5) is 5.00 Å². The van der Waals surface area contributed by atoms with Crippen LogP contribution in [0.5, 0.6) is 11.5 Å². The molecule has 0 radical (unpaired) electrons. The highest BCUT2D eigenvalue weighted by atomic mass is 32.1. The Morgan fingerprint density at radius 1 is 1.31 bits per heavy atom. The Morgan fingerprint density at radius 3 is 2.52 bits per heavy atom. The van der Waals surface area contributed by atoms with Crippen LogP contribution in [0.3, 0.4) is 0 Å². The van der Waals surface area contributed by atoms with Gasteiger partial charge in [0.25, 0.3) is 5.91 Å². The Balaban J connectivity index is 1.93. The number of thiophene rings is 1. The minimum Gasteiger partial charge on any atom is -0.496 e. The van der Waals surface area contributed by atoms with E-state index >= 15 is 0 Å². The van der Waals surface area contributed by atoms with E-state index < -0.39 is 0 Å². The van der Waals surface area contributed by atoms with Crippen molar-refractivity contribution in [3.63, 3.8) is 0 Å². The summed E-state index contributed by atoms with van der Waals surface area (Å²) < 4.78 is 10.7. The summed E-state index contributed by atoms with van der Waals surface area (Å²) in [6.45, 7) is 6.87. The Labute approximate surface area is 176 Å². The number of benzene rings is 1. The molecule has 0 saturated carbocycles. The van der Waals surface area contributed by atoms with Crippen LogP contribution in [0.2, 0.25) is 0 Å². The van der Waals surface area contributed by atoms with Crippen molar-refractivity contribution >= 4 is 22.2 Å². The Morgan fingerprint density at radius 2 is 1.97 bits per heavy atom. The minimum atomic E-state index is -0.333. The fourth-order valence-corrected chi connectivity index (χ4v) is 5.26. The summed E-state index contributed by atoms with van der Waals surface area (Å²) in [7, 11) is 3.04. The topological polar surface area (TPSA) is 71.3 Å². The van der Waals surface area contributed by atoms with Crippen LogP contribution < -0.4 is 14.8 Å². The zero-order valence-corrected chi connectivity index (χ0v) is 18.5. The normalized spacial score (nSPS) is 15.9. The van der Waals surface area contributed by atoms with Crippen molar-refractivity contribution in [1.82, 2.24) is 0 Å². The zero-order valence-electron chi connectivity index (χ0n) is 17.7. The first-order valence-corrected chi connectivity index (χ1v) is 10.7. The van der Waals surface area contributed by atoms with Crippen molar-refractivity contribution in [3.8, 4) is 17.6 Å². The van der Waals surface area contributed by atoms with Gasteiger partial charge >= 0.3 is 0 Å². The van der Waals surface area contributed by atoms with E-state index in [1.807, 2.05) is 0 Å². The van der Waals surface area contributed by atoms with Gasteiger partial charge in [-0.15, -0.1) is 11.3 Å². The fraction of sp³-hybridized carbons (Fsp3) is 0.478. The van der Waals surface area contributed by atoms with E-state index in [2.05, 4.69) is 32.2 Å². The summed E-state index contributed by atoms with van der Waals surface area (Å²) in [6, 6.07) is 7.53. The van der Waals surface area contributed by atoms with Crippen LogP contribution in [0.1, 0.15) is 60.0 Å². The maximum atomic E-state index is 13.1. The predicted molar refractivity (Wildman–Crippen MR) is 116 cm³/mol. The molecule has 1 aromatic carbocycles. The minimum absolute atomic E-state index is 0.267. The molecule has 29 heavy (non-hydrogen) atoms. The number of methoxy groups -OCH3 is 2. The third-order valence-corrected chi connectivity index (χ3v) is 7.45. The largest absolute Gasteiger partial charge is 0.496 e. The van der Waals surface area contributed by atoms with E-state index in [1.165, 1.54) is 30.4 Å². The maximum Gasteiger partial charge on any atom is 0.263 e. The van der Waals surface area contributed by atoms with Crippen LogP contribution in [0.25, 0.3) is 0 Å². The molecule has 3 rings (SSSR count). The quantitative estimate of drug-likeness (QED) is 0.687. The Hall–Kier alpha value is -2.52. The van der Waals surface area contributed by atoms with E-state index in [-0.39, 0.29) is 11.3 Å².